The molecule has 10 heteroatoms. The first-order valence-electron chi connectivity index (χ1n) is 9.25. The summed E-state index contributed by atoms with van der Waals surface area (Å²) in [4.78, 5) is 16.6. The van der Waals surface area contributed by atoms with E-state index in [1.165, 1.54) is 23.0 Å². The first-order valence-corrected chi connectivity index (χ1v) is 9.25. The second-order valence-corrected chi connectivity index (χ2v) is 6.85. The van der Waals surface area contributed by atoms with E-state index in [1.807, 2.05) is 0 Å². The van der Waals surface area contributed by atoms with Crippen LogP contribution in [0.1, 0.15) is 21.8 Å². The number of Topliss-reactive ketones (excluding diaryl/α,β-unsaturated/α-hetero) is 1. The number of hydrogen-bond donors (Lipinski definition) is 1. The maximum Gasteiger partial charge on any atom is 0.416 e. The molecule has 0 saturated carbocycles. The zero-order chi connectivity index (χ0) is 22.9. The zero-order valence-corrected chi connectivity index (χ0v) is 16.5. The standard InChI is InChI=1S/C22H14F3N5O2/c1-13-11-30(12-27-13)17-8-15(22(23,24)25)7-16(9-17)28-29-18(10-26)21(31)20-6-14-4-2-3-5-19(14)32-20/h2-9,11-12,28H,1H3/b29-18+. The summed E-state index contributed by atoms with van der Waals surface area (Å²) in [5.74, 6) is -0.902. The van der Waals surface area contributed by atoms with Crippen molar-refractivity contribution in [2.45, 2.75) is 13.1 Å². The van der Waals surface area contributed by atoms with Gasteiger partial charge in [0.05, 0.1) is 23.3 Å². The van der Waals surface area contributed by atoms with Crippen LogP contribution in [-0.4, -0.2) is 21.0 Å². The number of para-hydroxylation sites is 1. The van der Waals surface area contributed by atoms with Crippen LogP contribution in [-0.2, 0) is 6.18 Å². The molecule has 0 bridgehead atoms. The molecule has 160 valence electrons. The minimum absolute atomic E-state index is 0.0636. The van der Waals surface area contributed by atoms with Crippen molar-refractivity contribution >= 4 is 28.2 Å². The molecule has 0 radical (unpaired) electrons. The second kappa shape index (κ2) is 8.03. The van der Waals surface area contributed by atoms with Gasteiger partial charge in [-0.1, -0.05) is 18.2 Å². The van der Waals surface area contributed by atoms with Gasteiger partial charge in [-0.2, -0.15) is 23.5 Å². The van der Waals surface area contributed by atoms with Crippen molar-refractivity contribution in [2.24, 2.45) is 5.10 Å². The summed E-state index contributed by atoms with van der Waals surface area (Å²) in [6, 6.07) is 13.2. The normalized spacial score (nSPS) is 12.0. The number of hydrazone groups is 1. The number of carbonyl (C=O) groups excluding carboxylic acids is 1. The van der Waals surface area contributed by atoms with Gasteiger partial charge in [0.2, 0.25) is 5.71 Å². The van der Waals surface area contributed by atoms with Crippen molar-refractivity contribution < 1.29 is 22.4 Å². The van der Waals surface area contributed by atoms with Crippen molar-refractivity contribution in [1.29, 1.82) is 5.26 Å². The maximum atomic E-state index is 13.4. The highest BCUT2D eigenvalue weighted by Crippen LogP contribution is 2.33. The first-order chi connectivity index (χ1) is 15.2. The number of carbonyl (C=O) groups is 1. The smallest absolute Gasteiger partial charge is 0.416 e. The van der Waals surface area contributed by atoms with Gasteiger partial charge in [0.25, 0.3) is 5.78 Å². The van der Waals surface area contributed by atoms with Gasteiger partial charge in [0.1, 0.15) is 11.7 Å². The largest absolute Gasteiger partial charge is 0.452 e. The second-order valence-electron chi connectivity index (χ2n) is 6.85. The van der Waals surface area contributed by atoms with E-state index < -0.39 is 23.2 Å². The van der Waals surface area contributed by atoms with E-state index in [0.717, 1.165) is 12.1 Å². The summed E-state index contributed by atoms with van der Waals surface area (Å²) in [5.41, 5.74) is 2.08. The van der Waals surface area contributed by atoms with Gasteiger partial charge >= 0.3 is 6.18 Å². The van der Waals surface area contributed by atoms with Crippen LogP contribution in [0.15, 0.2) is 70.6 Å². The molecule has 0 atom stereocenters. The lowest BCUT2D eigenvalue weighted by Gasteiger charge is -2.12. The van der Waals surface area contributed by atoms with Crippen LogP contribution in [0.5, 0.6) is 0 Å². The minimum atomic E-state index is -4.62. The number of anilines is 1. The van der Waals surface area contributed by atoms with Crippen molar-refractivity contribution in [3.63, 3.8) is 0 Å². The minimum Gasteiger partial charge on any atom is -0.452 e. The number of aromatic nitrogens is 2. The van der Waals surface area contributed by atoms with E-state index in [0.29, 0.717) is 16.7 Å². The number of fused-ring (bicyclic) bond motifs is 1. The fourth-order valence-corrected chi connectivity index (χ4v) is 3.01. The Labute approximate surface area is 179 Å². The van der Waals surface area contributed by atoms with Crippen molar-refractivity contribution in [2.75, 3.05) is 5.43 Å². The maximum absolute atomic E-state index is 13.4. The van der Waals surface area contributed by atoms with E-state index in [4.69, 9.17) is 4.42 Å². The highest BCUT2D eigenvalue weighted by atomic mass is 19.4. The van der Waals surface area contributed by atoms with Crippen LogP contribution in [0, 0.1) is 18.3 Å². The molecule has 0 aliphatic carbocycles. The Morgan fingerprint density at radius 3 is 2.66 bits per heavy atom. The molecule has 32 heavy (non-hydrogen) atoms. The van der Waals surface area contributed by atoms with E-state index >= 15 is 0 Å². The number of rotatable bonds is 5. The third kappa shape index (κ3) is 4.22. The van der Waals surface area contributed by atoms with E-state index in [-0.39, 0.29) is 17.1 Å². The number of imidazole rings is 1. The Balaban J connectivity index is 1.67. The molecule has 0 saturated heterocycles. The summed E-state index contributed by atoms with van der Waals surface area (Å²) < 4.78 is 47.0. The zero-order valence-electron chi connectivity index (χ0n) is 16.5. The van der Waals surface area contributed by atoms with Crippen LogP contribution in [0.3, 0.4) is 0 Å². The molecule has 0 aliphatic heterocycles. The predicted octanol–water partition coefficient (Wildman–Crippen LogP) is 5.12. The van der Waals surface area contributed by atoms with Crippen LogP contribution >= 0.6 is 0 Å². The molecule has 2 heterocycles. The number of hydrogen-bond acceptors (Lipinski definition) is 6. The average Bonchev–Trinajstić information content (AvgIpc) is 3.39. The number of aryl methyl sites for hydroxylation is 1. The Kier molecular flexibility index (Phi) is 5.24. The van der Waals surface area contributed by atoms with Gasteiger partial charge in [0, 0.05) is 17.3 Å². The lowest BCUT2D eigenvalue weighted by atomic mass is 10.1. The molecule has 4 rings (SSSR count). The van der Waals surface area contributed by atoms with Gasteiger partial charge in [-0.25, -0.2) is 4.98 Å². The van der Waals surface area contributed by atoms with E-state index in [9.17, 15) is 23.2 Å². The number of nitrogens with zero attached hydrogens (tertiary/aromatic N) is 4. The Morgan fingerprint density at radius 2 is 2.00 bits per heavy atom. The van der Waals surface area contributed by atoms with Crippen LogP contribution < -0.4 is 5.43 Å². The number of halogens is 3. The number of ketones is 1. The number of alkyl halides is 3. The molecule has 4 aromatic rings. The third-order valence-electron chi connectivity index (χ3n) is 4.52. The fourth-order valence-electron chi connectivity index (χ4n) is 3.01. The Bertz CT molecular complexity index is 1360. The highest BCUT2D eigenvalue weighted by molar-refractivity contribution is 6.51. The quantitative estimate of drug-likeness (QED) is 0.266. The van der Waals surface area contributed by atoms with Gasteiger partial charge in [-0.15, -0.1) is 0 Å². The molecule has 7 nitrogen and oxygen atoms in total. The fraction of sp³-hybridized carbons (Fsp3) is 0.0909. The van der Waals surface area contributed by atoms with Crippen LogP contribution in [0.25, 0.3) is 16.7 Å². The molecule has 0 amide bonds. The highest BCUT2D eigenvalue weighted by Gasteiger charge is 2.31. The van der Waals surface area contributed by atoms with E-state index in [2.05, 4.69) is 15.5 Å². The molecule has 2 aromatic carbocycles. The van der Waals surface area contributed by atoms with Crippen molar-refractivity contribution in [3.05, 3.63) is 78.1 Å². The van der Waals surface area contributed by atoms with Gasteiger partial charge in [-0.05, 0) is 37.3 Å². The summed E-state index contributed by atoms with van der Waals surface area (Å²) in [6.45, 7) is 1.70. The summed E-state index contributed by atoms with van der Waals surface area (Å²) in [6.07, 6.45) is -1.67. The summed E-state index contributed by atoms with van der Waals surface area (Å²) in [7, 11) is 0. The third-order valence-corrected chi connectivity index (χ3v) is 4.52. The van der Waals surface area contributed by atoms with E-state index in [1.54, 1.807) is 43.5 Å². The first kappa shape index (κ1) is 20.9. The average molecular weight is 437 g/mol. The molecule has 2 aromatic heterocycles. The molecule has 0 fully saturated rings. The van der Waals surface area contributed by atoms with Crippen LogP contribution in [0.2, 0.25) is 0 Å². The number of nitriles is 1. The molecule has 0 aliphatic rings. The predicted molar refractivity (Wildman–Crippen MR) is 111 cm³/mol. The molecular formula is C22H14F3N5O2. The molecule has 1 N–H and O–H groups in total. The lowest BCUT2D eigenvalue weighted by Crippen LogP contribution is -2.14. The number of benzene rings is 2. The molecule has 0 spiro atoms. The molecular weight excluding hydrogens is 423 g/mol. The van der Waals surface area contributed by atoms with Gasteiger partial charge < -0.3 is 8.98 Å². The number of furan rings is 1. The van der Waals surface area contributed by atoms with Gasteiger partial charge in [-0.3, -0.25) is 10.2 Å². The van der Waals surface area contributed by atoms with Crippen molar-refractivity contribution in [3.8, 4) is 11.8 Å². The van der Waals surface area contributed by atoms with Crippen LogP contribution in [0.4, 0.5) is 18.9 Å². The Hall–Kier alpha value is -4.39. The van der Waals surface area contributed by atoms with Crippen molar-refractivity contribution in [1.82, 2.24) is 9.55 Å². The monoisotopic (exact) mass is 437 g/mol. The summed E-state index contributed by atoms with van der Waals surface area (Å²) in [5, 5.41) is 13.7. The molecule has 0 unspecified atom stereocenters. The Morgan fingerprint density at radius 1 is 1.22 bits per heavy atom. The SMILES string of the molecule is Cc1cn(-c2cc(N/N=C(\C#N)C(=O)c3cc4ccccc4o3)cc(C(F)(F)F)c2)cn1. The topological polar surface area (TPSA) is 96.2 Å². The number of nitrogens with one attached hydrogen (secondary N) is 1. The lowest BCUT2D eigenvalue weighted by molar-refractivity contribution is -0.137. The van der Waals surface area contributed by atoms with Gasteiger partial charge in [0.15, 0.2) is 5.76 Å². The summed E-state index contributed by atoms with van der Waals surface area (Å²) >= 11 is 0.